The highest BCUT2D eigenvalue weighted by atomic mass is 32.2. The Hall–Kier alpha value is -2.92. The first-order chi connectivity index (χ1) is 11.6. The molecule has 0 radical (unpaired) electrons. The zero-order chi connectivity index (χ0) is 16.8. The monoisotopic (exact) mass is 336 g/mol. The van der Waals surface area contributed by atoms with Crippen LogP contribution in [0.25, 0.3) is 11.1 Å². The molecular formula is C19H16N2O2S. The quantitative estimate of drug-likeness (QED) is 0.571. The first-order valence-corrected chi connectivity index (χ1v) is 8.89. The summed E-state index contributed by atoms with van der Waals surface area (Å²) in [5, 5.41) is 3.83. The van der Waals surface area contributed by atoms with Crippen LogP contribution in [0.5, 0.6) is 0 Å². The Morgan fingerprint density at radius 2 is 1.25 bits per heavy atom. The maximum atomic E-state index is 12.0. The maximum Gasteiger partial charge on any atom is 0.276 e. The molecule has 4 nitrogen and oxygen atoms in total. The van der Waals surface area contributed by atoms with E-state index in [-0.39, 0.29) is 4.90 Å². The lowest BCUT2D eigenvalue weighted by atomic mass is 10.0. The number of nitrogens with one attached hydrogen (secondary N) is 1. The second-order valence-electron chi connectivity index (χ2n) is 5.15. The molecule has 0 heterocycles. The summed E-state index contributed by atoms with van der Waals surface area (Å²) in [5.74, 6) is 0. The summed E-state index contributed by atoms with van der Waals surface area (Å²) in [7, 11) is -3.63. The second kappa shape index (κ2) is 7.10. The first-order valence-electron chi connectivity index (χ1n) is 7.40. The lowest BCUT2D eigenvalue weighted by molar-refractivity contribution is 0.584. The third-order valence-corrected chi connectivity index (χ3v) is 4.70. The number of hydrogen-bond donors (Lipinski definition) is 1. The minimum Gasteiger partial charge on any atom is -0.200 e. The van der Waals surface area contributed by atoms with Crippen molar-refractivity contribution in [3.8, 4) is 11.1 Å². The predicted molar refractivity (Wildman–Crippen MR) is 96.2 cm³/mol. The molecule has 0 spiro atoms. The maximum absolute atomic E-state index is 12.0. The van der Waals surface area contributed by atoms with Crippen molar-refractivity contribution in [3.05, 3.63) is 90.5 Å². The largest absolute Gasteiger partial charge is 0.276 e. The Bertz CT molecular complexity index is 920. The van der Waals surface area contributed by atoms with Gasteiger partial charge in [-0.25, -0.2) is 4.83 Å². The molecule has 3 rings (SSSR count). The number of hydrogen-bond acceptors (Lipinski definition) is 3. The van der Waals surface area contributed by atoms with Crippen molar-refractivity contribution in [2.75, 3.05) is 0 Å². The minimum absolute atomic E-state index is 0.182. The molecule has 0 saturated heterocycles. The van der Waals surface area contributed by atoms with E-state index in [1.807, 2.05) is 54.6 Å². The highest BCUT2D eigenvalue weighted by molar-refractivity contribution is 7.89. The molecule has 0 aliphatic carbocycles. The van der Waals surface area contributed by atoms with Crippen molar-refractivity contribution in [1.82, 2.24) is 4.83 Å². The fourth-order valence-corrected chi connectivity index (χ4v) is 3.03. The van der Waals surface area contributed by atoms with Crippen LogP contribution >= 0.6 is 0 Å². The molecule has 1 N–H and O–H groups in total. The average Bonchev–Trinajstić information content (AvgIpc) is 2.64. The van der Waals surface area contributed by atoms with Gasteiger partial charge in [0.15, 0.2) is 0 Å². The highest BCUT2D eigenvalue weighted by Crippen LogP contribution is 2.18. The molecule has 0 bridgehead atoms. The summed E-state index contributed by atoms with van der Waals surface area (Å²) >= 11 is 0. The van der Waals surface area contributed by atoms with Crippen LogP contribution < -0.4 is 4.83 Å². The summed E-state index contributed by atoms with van der Waals surface area (Å²) in [6.07, 6.45) is 1.48. The van der Waals surface area contributed by atoms with E-state index in [2.05, 4.69) is 9.93 Å². The number of benzene rings is 3. The van der Waals surface area contributed by atoms with Crippen LogP contribution in [-0.2, 0) is 10.0 Å². The second-order valence-corrected chi connectivity index (χ2v) is 6.81. The van der Waals surface area contributed by atoms with Crippen molar-refractivity contribution >= 4 is 16.2 Å². The summed E-state index contributed by atoms with van der Waals surface area (Å²) < 4.78 is 24.1. The van der Waals surface area contributed by atoms with Gasteiger partial charge in [-0.2, -0.15) is 13.5 Å². The van der Waals surface area contributed by atoms with Crippen molar-refractivity contribution < 1.29 is 8.42 Å². The standard InChI is InChI=1S/C19H16N2O2S/c22-24(23,19-9-5-2-6-10-19)21-20-15-16-11-13-18(14-12-16)17-7-3-1-4-8-17/h1-15,21H/b20-15+. The van der Waals surface area contributed by atoms with Crippen LogP contribution in [0.4, 0.5) is 0 Å². The van der Waals surface area contributed by atoms with E-state index in [0.29, 0.717) is 0 Å². The van der Waals surface area contributed by atoms with E-state index in [4.69, 9.17) is 0 Å². The molecule has 0 unspecified atom stereocenters. The van der Waals surface area contributed by atoms with Crippen molar-refractivity contribution in [2.24, 2.45) is 5.10 Å². The summed E-state index contributed by atoms with van der Waals surface area (Å²) in [6.45, 7) is 0. The van der Waals surface area contributed by atoms with E-state index in [0.717, 1.165) is 16.7 Å². The molecule has 0 fully saturated rings. The van der Waals surface area contributed by atoms with Gasteiger partial charge in [0.2, 0.25) is 0 Å². The van der Waals surface area contributed by atoms with Gasteiger partial charge >= 0.3 is 0 Å². The zero-order valence-corrected chi connectivity index (χ0v) is 13.6. The fraction of sp³-hybridized carbons (Fsp3) is 0. The summed E-state index contributed by atoms with van der Waals surface area (Å²) in [4.78, 5) is 2.39. The van der Waals surface area contributed by atoms with Gasteiger partial charge in [0.05, 0.1) is 11.1 Å². The molecule has 5 heteroatoms. The Kier molecular flexibility index (Phi) is 4.72. The van der Waals surface area contributed by atoms with Crippen molar-refractivity contribution in [1.29, 1.82) is 0 Å². The van der Waals surface area contributed by atoms with Gasteiger partial charge in [-0.05, 0) is 28.8 Å². The van der Waals surface area contributed by atoms with Gasteiger partial charge in [0.25, 0.3) is 10.0 Å². The van der Waals surface area contributed by atoms with Gasteiger partial charge in [-0.1, -0.05) is 72.8 Å². The molecule has 0 aromatic heterocycles. The van der Waals surface area contributed by atoms with Gasteiger partial charge in [0, 0.05) is 0 Å². The number of hydrazone groups is 1. The fourth-order valence-electron chi connectivity index (χ4n) is 2.21. The molecule has 24 heavy (non-hydrogen) atoms. The zero-order valence-electron chi connectivity index (χ0n) is 12.8. The Balaban J connectivity index is 1.69. The predicted octanol–water partition coefficient (Wildman–Crippen LogP) is 3.67. The van der Waals surface area contributed by atoms with Crippen LogP contribution in [0.2, 0.25) is 0 Å². The Morgan fingerprint density at radius 1 is 0.708 bits per heavy atom. The molecule has 0 aliphatic rings. The topological polar surface area (TPSA) is 58.5 Å². The van der Waals surface area contributed by atoms with E-state index in [9.17, 15) is 8.42 Å². The molecule has 0 saturated carbocycles. The third-order valence-electron chi connectivity index (χ3n) is 3.46. The molecule has 0 amide bonds. The van der Waals surface area contributed by atoms with Crippen molar-refractivity contribution in [3.63, 3.8) is 0 Å². The van der Waals surface area contributed by atoms with Crippen LogP contribution in [0, 0.1) is 0 Å². The van der Waals surface area contributed by atoms with Gasteiger partial charge in [-0.3, -0.25) is 0 Å². The third kappa shape index (κ3) is 3.88. The molecule has 0 aliphatic heterocycles. The molecular weight excluding hydrogens is 320 g/mol. The number of rotatable bonds is 5. The minimum atomic E-state index is -3.63. The Morgan fingerprint density at radius 3 is 1.88 bits per heavy atom. The number of sulfonamides is 1. The van der Waals surface area contributed by atoms with Gasteiger partial charge in [-0.15, -0.1) is 0 Å². The van der Waals surface area contributed by atoms with Crippen LogP contribution in [0.3, 0.4) is 0 Å². The van der Waals surface area contributed by atoms with E-state index in [1.165, 1.54) is 18.3 Å². The average molecular weight is 336 g/mol. The van der Waals surface area contributed by atoms with Crippen LogP contribution in [0.15, 0.2) is 94.9 Å². The molecule has 0 atom stereocenters. The van der Waals surface area contributed by atoms with Crippen LogP contribution in [-0.4, -0.2) is 14.6 Å². The molecule has 120 valence electrons. The normalized spacial score (nSPS) is 11.5. The lowest BCUT2D eigenvalue weighted by Gasteiger charge is -2.03. The van der Waals surface area contributed by atoms with Crippen molar-refractivity contribution in [2.45, 2.75) is 4.90 Å². The molecule has 3 aromatic carbocycles. The van der Waals surface area contributed by atoms with E-state index >= 15 is 0 Å². The van der Waals surface area contributed by atoms with E-state index < -0.39 is 10.0 Å². The van der Waals surface area contributed by atoms with Crippen LogP contribution in [0.1, 0.15) is 5.56 Å². The van der Waals surface area contributed by atoms with Gasteiger partial charge < -0.3 is 0 Å². The number of nitrogens with zero attached hydrogens (tertiary/aromatic N) is 1. The smallest absolute Gasteiger partial charge is 0.200 e. The van der Waals surface area contributed by atoms with E-state index in [1.54, 1.807) is 18.2 Å². The Labute approximate surface area is 141 Å². The summed E-state index contributed by atoms with van der Waals surface area (Å²) in [6, 6.07) is 25.9. The highest BCUT2D eigenvalue weighted by Gasteiger charge is 2.10. The lowest BCUT2D eigenvalue weighted by Crippen LogP contribution is -2.18. The molecule has 3 aromatic rings. The summed E-state index contributed by atoms with van der Waals surface area (Å²) in [5.41, 5.74) is 3.04. The first kappa shape index (κ1) is 16.0. The SMILES string of the molecule is O=S(=O)(N/N=C/c1ccc(-c2ccccc2)cc1)c1ccccc1. The van der Waals surface area contributed by atoms with Gasteiger partial charge in [0.1, 0.15) is 0 Å².